The molecule has 0 amide bonds. The summed E-state index contributed by atoms with van der Waals surface area (Å²) in [5.74, 6) is 0.849. The van der Waals surface area contributed by atoms with Crippen molar-refractivity contribution in [3.8, 4) is 6.07 Å². The van der Waals surface area contributed by atoms with Crippen molar-refractivity contribution >= 4 is 22.9 Å². The number of para-hydroxylation sites is 2. The van der Waals surface area contributed by atoms with Gasteiger partial charge < -0.3 is 10.2 Å². The Kier molecular flexibility index (Phi) is 3.90. The summed E-state index contributed by atoms with van der Waals surface area (Å²) in [4.78, 5) is 4.37. The Labute approximate surface area is 110 Å². The second-order valence-corrected chi connectivity index (χ2v) is 5.47. The lowest BCUT2D eigenvalue weighted by atomic mass is 10.0. The van der Waals surface area contributed by atoms with E-state index >= 15 is 0 Å². The van der Waals surface area contributed by atoms with Gasteiger partial charge in [-0.05, 0) is 31.9 Å². The van der Waals surface area contributed by atoms with Crippen molar-refractivity contribution in [3.05, 3.63) is 24.3 Å². The zero-order chi connectivity index (χ0) is 13.0. The molecule has 94 valence electrons. The molecule has 0 unspecified atom stereocenters. The third-order valence-corrected chi connectivity index (χ3v) is 3.51. The van der Waals surface area contributed by atoms with E-state index in [-0.39, 0.29) is 0 Å². The minimum absolute atomic E-state index is 0.673. The molecule has 5 heteroatoms. The van der Waals surface area contributed by atoms with E-state index in [1.54, 1.807) is 18.7 Å². The summed E-state index contributed by atoms with van der Waals surface area (Å²) in [6, 6.07) is 9.78. The summed E-state index contributed by atoms with van der Waals surface area (Å²) in [6.07, 6.45) is 1.54. The van der Waals surface area contributed by atoms with Crippen LogP contribution in [0.1, 0.15) is 19.8 Å². The van der Waals surface area contributed by atoms with Crippen LogP contribution in [0.15, 0.2) is 33.9 Å². The van der Waals surface area contributed by atoms with Gasteiger partial charge in [-0.3, -0.25) is 0 Å². The number of benzene rings is 1. The van der Waals surface area contributed by atoms with E-state index in [2.05, 4.69) is 11.1 Å². The first-order valence-corrected chi connectivity index (χ1v) is 6.78. The molecule has 0 saturated carbocycles. The van der Waals surface area contributed by atoms with E-state index < -0.39 is 5.54 Å². The zero-order valence-corrected chi connectivity index (χ0v) is 11.0. The predicted molar refractivity (Wildman–Crippen MR) is 72.2 cm³/mol. The van der Waals surface area contributed by atoms with Gasteiger partial charge in [-0.1, -0.05) is 23.9 Å². The molecule has 2 rings (SSSR count). The lowest BCUT2D eigenvalue weighted by Gasteiger charge is -2.13. The summed E-state index contributed by atoms with van der Waals surface area (Å²) < 4.78 is 5.58. The maximum atomic E-state index is 8.79. The molecule has 2 aromatic rings. The molecule has 4 nitrogen and oxygen atoms in total. The summed E-state index contributed by atoms with van der Waals surface area (Å²) in [7, 11) is 0. The van der Waals surface area contributed by atoms with E-state index in [0.29, 0.717) is 11.6 Å². The number of fused-ring (bicyclic) bond motifs is 1. The molecule has 1 aromatic heterocycles. The molecule has 0 radical (unpaired) electrons. The van der Waals surface area contributed by atoms with Gasteiger partial charge >= 0.3 is 0 Å². The van der Waals surface area contributed by atoms with Gasteiger partial charge in [0.05, 0.1) is 6.07 Å². The molecular formula is C13H15N3OS. The first kappa shape index (κ1) is 12.9. The van der Waals surface area contributed by atoms with Gasteiger partial charge in [-0.25, -0.2) is 4.98 Å². The van der Waals surface area contributed by atoms with E-state index in [1.165, 1.54) is 0 Å². The van der Waals surface area contributed by atoms with Crippen molar-refractivity contribution in [3.63, 3.8) is 0 Å². The number of rotatable bonds is 5. The van der Waals surface area contributed by atoms with Crippen molar-refractivity contribution in [1.29, 1.82) is 5.26 Å². The maximum absolute atomic E-state index is 8.79. The molecule has 0 fully saturated rings. The number of hydrogen-bond donors (Lipinski definition) is 1. The van der Waals surface area contributed by atoms with Gasteiger partial charge in [-0.2, -0.15) is 5.26 Å². The van der Waals surface area contributed by atoms with Crippen LogP contribution in [-0.2, 0) is 0 Å². The highest BCUT2D eigenvalue weighted by Crippen LogP contribution is 2.24. The molecule has 1 atom stereocenters. The zero-order valence-electron chi connectivity index (χ0n) is 10.2. The maximum Gasteiger partial charge on any atom is 0.256 e. The highest BCUT2D eigenvalue weighted by atomic mass is 32.2. The van der Waals surface area contributed by atoms with Crippen LogP contribution in [0.3, 0.4) is 0 Å². The minimum Gasteiger partial charge on any atom is -0.431 e. The normalized spacial score (nSPS) is 14.3. The third-order valence-electron chi connectivity index (χ3n) is 2.60. The summed E-state index contributed by atoms with van der Waals surface area (Å²) >= 11 is 1.55. The number of nitrogens with two attached hydrogens (primary N) is 1. The average molecular weight is 261 g/mol. The van der Waals surface area contributed by atoms with Crippen molar-refractivity contribution in [1.82, 2.24) is 4.98 Å². The van der Waals surface area contributed by atoms with E-state index in [4.69, 9.17) is 15.4 Å². The number of aromatic nitrogens is 1. The Morgan fingerprint density at radius 2 is 2.28 bits per heavy atom. The first-order chi connectivity index (χ1) is 8.61. The number of oxazole rings is 1. The highest BCUT2D eigenvalue weighted by Gasteiger charge is 2.16. The Morgan fingerprint density at radius 1 is 1.50 bits per heavy atom. The fraction of sp³-hybridized carbons (Fsp3) is 0.385. The third kappa shape index (κ3) is 3.25. The lowest BCUT2D eigenvalue weighted by Crippen LogP contribution is -2.33. The Bertz CT molecular complexity index is 538. The molecule has 1 aromatic carbocycles. The Hall–Kier alpha value is -1.51. The molecular weight excluding hydrogens is 246 g/mol. The molecule has 1 heterocycles. The molecule has 0 bridgehead atoms. The summed E-state index contributed by atoms with van der Waals surface area (Å²) in [5, 5.41) is 9.47. The molecule has 0 spiro atoms. The number of nitriles is 1. The predicted octanol–water partition coefficient (Wildman–Crippen LogP) is 2.94. The minimum atomic E-state index is -0.734. The summed E-state index contributed by atoms with van der Waals surface area (Å²) in [5.41, 5.74) is 6.69. The first-order valence-electron chi connectivity index (χ1n) is 5.79. The van der Waals surface area contributed by atoms with Crippen LogP contribution in [-0.4, -0.2) is 16.3 Å². The monoisotopic (exact) mass is 261 g/mol. The Balaban J connectivity index is 1.86. The topological polar surface area (TPSA) is 75.8 Å². The second kappa shape index (κ2) is 5.42. The van der Waals surface area contributed by atoms with Crippen LogP contribution in [0.5, 0.6) is 0 Å². The lowest BCUT2D eigenvalue weighted by molar-refractivity contribution is 0.488. The molecule has 0 aliphatic heterocycles. The van der Waals surface area contributed by atoms with Crippen LogP contribution in [0.25, 0.3) is 11.1 Å². The molecule has 0 aliphatic rings. The largest absolute Gasteiger partial charge is 0.431 e. The van der Waals surface area contributed by atoms with E-state index in [0.717, 1.165) is 23.3 Å². The van der Waals surface area contributed by atoms with Gasteiger partial charge in [-0.15, -0.1) is 0 Å². The quantitative estimate of drug-likeness (QED) is 0.661. The van der Waals surface area contributed by atoms with Gasteiger partial charge in [0.2, 0.25) is 0 Å². The average Bonchev–Trinajstić information content (AvgIpc) is 2.77. The number of hydrogen-bond acceptors (Lipinski definition) is 5. The molecule has 18 heavy (non-hydrogen) atoms. The van der Waals surface area contributed by atoms with Crippen molar-refractivity contribution in [2.24, 2.45) is 5.73 Å². The summed E-state index contributed by atoms with van der Waals surface area (Å²) in [6.45, 7) is 1.75. The second-order valence-electron chi connectivity index (χ2n) is 4.43. The van der Waals surface area contributed by atoms with E-state index in [9.17, 15) is 0 Å². The number of thioether (sulfide) groups is 1. The van der Waals surface area contributed by atoms with Crippen molar-refractivity contribution in [2.75, 3.05) is 5.75 Å². The molecule has 0 aliphatic carbocycles. The highest BCUT2D eigenvalue weighted by molar-refractivity contribution is 7.99. The van der Waals surface area contributed by atoms with Crippen LogP contribution < -0.4 is 5.73 Å². The van der Waals surface area contributed by atoms with Gasteiger partial charge in [0.25, 0.3) is 5.22 Å². The van der Waals surface area contributed by atoms with Crippen LogP contribution in [0.4, 0.5) is 0 Å². The molecule has 2 N–H and O–H groups in total. The van der Waals surface area contributed by atoms with Crippen LogP contribution >= 0.6 is 11.8 Å². The van der Waals surface area contributed by atoms with Crippen molar-refractivity contribution in [2.45, 2.75) is 30.5 Å². The van der Waals surface area contributed by atoms with Crippen molar-refractivity contribution < 1.29 is 4.42 Å². The SMILES string of the molecule is C[C@@](N)(C#N)CCCSc1nc2ccccc2o1. The molecule has 0 saturated heterocycles. The van der Waals surface area contributed by atoms with Gasteiger partial charge in [0, 0.05) is 5.75 Å². The smallest absolute Gasteiger partial charge is 0.256 e. The van der Waals surface area contributed by atoms with Gasteiger partial charge in [0.15, 0.2) is 5.58 Å². The van der Waals surface area contributed by atoms with Gasteiger partial charge in [0.1, 0.15) is 11.1 Å². The van der Waals surface area contributed by atoms with Crippen LogP contribution in [0, 0.1) is 11.3 Å². The fourth-order valence-corrected chi connectivity index (χ4v) is 2.34. The standard InChI is InChI=1S/C13H15N3OS/c1-13(15,9-14)7-4-8-18-12-16-10-5-2-3-6-11(10)17-12/h2-3,5-6H,4,7-8,15H2,1H3/t13-/m0/s1. The Morgan fingerprint density at radius 3 is 3.00 bits per heavy atom. The van der Waals surface area contributed by atoms with Crippen LogP contribution in [0.2, 0.25) is 0 Å². The van der Waals surface area contributed by atoms with E-state index in [1.807, 2.05) is 24.3 Å². The fourth-order valence-electron chi connectivity index (χ4n) is 1.57. The number of nitrogens with zero attached hydrogens (tertiary/aromatic N) is 2.